The second kappa shape index (κ2) is 6.19. The standard InChI is InChI=1S/C14H18N4O2S/c1-10-6-4-5-7-13(10)11(2)18-21(19,20)12-8-16-14(15-3)17-9-12/h4-9,11,18H,1-3H3,(H,15,16,17). The van der Waals surface area contributed by atoms with Gasteiger partial charge in [0.1, 0.15) is 4.90 Å². The second-order valence-corrected chi connectivity index (χ2v) is 6.41. The van der Waals surface area contributed by atoms with Gasteiger partial charge < -0.3 is 5.32 Å². The van der Waals surface area contributed by atoms with Crippen LogP contribution in [-0.2, 0) is 10.0 Å². The highest BCUT2D eigenvalue weighted by Gasteiger charge is 2.20. The molecule has 2 rings (SSSR count). The van der Waals surface area contributed by atoms with Crippen LogP contribution in [-0.4, -0.2) is 25.4 Å². The number of sulfonamides is 1. The van der Waals surface area contributed by atoms with Gasteiger partial charge in [0, 0.05) is 13.1 Å². The van der Waals surface area contributed by atoms with E-state index in [4.69, 9.17) is 0 Å². The molecule has 0 radical (unpaired) electrons. The van der Waals surface area contributed by atoms with E-state index in [-0.39, 0.29) is 10.9 Å². The minimum absolute atomic E-state index is 0.0435. The number of hydrogen-bond donors (Lipinski definition) is 2. The lowest BCUT2D eigenvalue weighted by molar-refractivity contribution is 0.565. The fourth-order valence-electron chi connectivity index (χ4n) is 2.02. The van der Waals surface area contributed by atoms with Crippen molar-refractivity contribution in [2.45, 2.75) is 24.8 Å². The van der Waals surface area contributed by atoms with Gasteiger partial charge in [-0.05, 0) is 25.0 Å². The summed E-state index contributed by atoms with van der Waals surface area (Å²) in [6, 6.07) is 7.33. The van der Waals surface area contributed by atoms with Crippen molar-refractivity contribution in [1.82, 2.24) is 14.7 Å². The van der Waals surface area contributed by atoms with Crippen LogP contribution < -0.4 is 10.0 Å². The molecule has 1 heterocycles. The summed E-state index contributed by atoms with van der Waals surface area (Å²) in [7, 11) is -1.98. The largest absolute Gasteiger partial charge is 0.357 e. The molecule has 1 atom stereocenters. The maximum atomic E-state index is 12.3. The van der Waals surface area contributed by atoms with E-state index in [1.807, 2.05) is 38.1 Å². The van der Waals surface area contributed by atoms with Crippen LogP contribution in [0.2, 0.25) is 0 Å². The first-order chi connectivity index (χ1) is 9.94. The molecule has 1 unspecified atom stereocenters. The molecule has 21 heavy (non-hydrogen) atoms. The summed E-state index contributed by atoms with van der Waals surface area (Å²) < 4.78 is 27.3. The second-order valence-electron chi connectivity index (χ2n) is 4.69. The Labute approximate surface area is 124 Å². The van der Waals surface area contributed by atoms with Crippen molar-refractivity contribution < 1.29 is 8.42 Å². The van der Waals surface area contributed by atoms with E-state index in [0.29, 0.717) is 5.95 Å². The molecular weight excluding hydrogens is 288 g/mol. The van der Waals surface area contributed by atoms with Gasteiger partial charge >= 0.3 is 0 Å². The van der Waals surface area contributed by atoms with Crippen LogP contribution in [0, 0.1) is 6.92 Å². The third-order valence-corrected chi connectivity index (χ3v) is 4.64. The van der Waals surface area contributed by atoms with Crippen molar-refractivity contribution in [3.05, 3.63) is 47.8 Å². The molecule has 0 fully saturated rings. The summed E-state index contributed by atoms with van der Waals surface area (Å²) in [5.41, 5.74) is 1.98. The highest BCUT2D eigenvalue weighted by atomic mass is 32.2. The maximum absolute atomic E-state index is 12.3. The molecule has 1 aromatic carbocycles. The van der Waals surface area contributed by atoms with Crippen molar-refractivity contribution in [1.29, 1.82) is 0 Å². The van der Waals surface area contributed by atoms with Crippen LogP contribution in [0.25, 0.3) is 0 Å². The molecule has 0 amide bonds. The van der Waals surface area contributed by atoms with Gasteiger partial charge in [0.15, 0.2) is 0 Å². The van der Waals surface area contributed by atoms with Crippen molar-refractivity contribution in [3.63, 3.8) is 0 Å². The van der Waals surface area contributed by atoms with Crippen molar-refractivity contribution >= 4 is 16.0 Å². The molecule has 6 nitrogen and oxygen atoms in total. The van der Waals surface area contributed by atoms with Crippen LogP contribution in [0.15, 0.2) is 41.6 Å². The number of aromatic nitrogens is 2. The van der Waals surface area contributed by atoms with Crippen molar-refractivity contribution in [2.75, 3.05) is 12.4 Å². The van der Waals surface area contributed by atoms with Crippen LogP contribution in [0.3, 0.4) is 0 Å². The molecule has 0 aliphatic heterocycles. The smallest absolute Gasteiger partial charge is 0.244 e. The predicted molar refractivity (Wildman–Crippen MR) is 81.5 cm³/mol. The van der Waals surface area contributed by atoms with Crippen LogP contribution in [0.1, 0.15) is 24.1 Å². The monoisotopic (exact) mass is 306 g/mol. The van der Waals surface area contributed by atoms with Crippen LogP contribution in [0.4, 0.5) is 5.95 Å². The topological polar surface area (TPSA) is 84.0 Å². The highest BCUT2D eigenvalue weighted by Crippen LogP contribution is 2.19. The molecular formula is C14H18N4O2S. The molecule has 0 saturated heterocycles. The highest BCUT2D eigenvalue weighted by molar-refractivity contribution is 7.89. The SMILES string of the molecule is CNc1ncc(S(=O)(=O)NC(C)c2ccccc2C)cn1. The lowest BCUT2D eigenvalue weighted by atomic mass is 10.0. The first-order valence-corrected chi connectivity index (χ1v) is 8.00. The van der Waals surface area contributed by atoms with Gasteiger partial charge in [-0.2, -0.15) is 0 Å². The summed E-state index contributed by atoms with van der Waals surface area (Å²) in [4.78, 5) is 7.88. The van der Waals surface area contributed by atoms with Crippen LogP contribution >= 0.6 is 0 Å². The van der Waals surface area contributed by atoms with Crippen molar-refractivity contribution in [2.24, 2.45) is 0 Å². The van der Waals surface area contributed by atoms with E-state index in [2.05, 4.69) is 20.0 Å². The fraction of sp³-hybridized carbons (Fsp3) is 0.286. The molecule has 2 aromatic rings. The van der Waals surface area contributed by atoms with Gasteiger partial charge in [0.2, 0.25) is 16.0 Å². The van der Waals surface area contributed by atoms with E-state index >= 15 is 0 Å². The zero-order valence-corrected chi connectivity index (χ0v) is 13.0. The maximum Gasteiger partial charge on any atom is 0.244 e. The minimum atomic E-state index is -3.65. The average Bonchev–Trinajstić information content (AvgIpc) is 2.47. The number of hydrogen-bond acceptors (Lipinski definition) is 5. The molecule has 0 aliphatic carbocycles. The Bertz CT molecular complexity index is 714. The van der Waals surface area contributed by atoms with E-state index in [1.54, 1.807) is 7.05 Å². The zero-order valence-electron chi connectivity index (χ0n) is 12.2. The quantitative estimate of drug-likeness (QED) is 0.881. The molecule has 1 aromatic heterocycles. The molecule has 0 saturated carbocycles. The third-order valence-electron chi connectivity index (χ3n) is 3.15. The lowest BCUT2D eigenvalue weighted by Gasteiger charge is -2.16. The average molecular weight is 306 g/mol. The molecule has 0 aliphatic rings. The van der Waals surface area contributed by atoms with Gasteiger partial charge in [-0.3, -0.25) is 0 Å². The lowest BCUT2D eigenvalue weighted by Crippen LogP contribution is -2.27. The first-order valence-electron chi connectivity index (χ1n) is 6.51. The number of benzene rings is 1. The normalized spacial score (nSPS) is 12.9. The molecule has 0 spiro atoms. The Morgan fingerprint density at radius 2 is 1.76 bits per heavy atom. The zero-order chi connectivity index (χ0) is 15.5. The number of nitrogens with zero attached hydrogens (tertiary/aromatic N) is 2. The summed E-state index contributed by atoms with van der Waals surface area (Å²) >= 11 is 0. The Hall–Kier alpha value is -1.99. The first kappa shape index (κ1) is 15.4. The summed E-state index contributed by atoms with van der Waals surface area (Å²) in [5.74, 6) is 0.376. The van der Waals surface area contributed by atoms with Gasteiger partial charge in [-0.25, -0.2) is 23.1 Å². The number of rotatable bonds is 5. The van der Waals surface area contributed by atoms with E-state index in [9.17, 15) is 8.42 Å². The summed E-state index contributed by atoms with van der Waals surface area (Å²) in [6.45, 7) is 3.76. The van der Waals surface area contributed by atoms with Gasteiger partial charge in [-0.1, -0.05) is 24.3 Å². The third kappa shape index (κ3) is 3.56. The summed E-state index contributed by atoms with van der Waals surface area (Å²) in [5, 5.41) is 2.74. The Kier molecular flexibility index (Phi) is 4.54. The van der Waals surface area contributed by atoms with Crippen LogP contribution in [0.5, 0.6) is 0 Å². The molecule has 2 N–H and O–H groups in total. The minimum Gasteiger partial charge on any atom is -0.357 e. The number of nitrogens with one attached hydrogen (secondary N) is 2. The molecule has 112 valence electrons. The van der Waals surface area contributed by atoms with E-state index in [1.165, 1.54) is 12.4 Å². The van der Waals surface area contributed by atoms with E-state index < -0.39 is 10.0 Å². The van der Waals surface area contributed by atoms with Crippen molar-refractivity contribution in [3.8, 4) is 0 Å². The van der Waals surface area contributed by atoms with Gasteiger partial charge in [0.25, 0.3) is 0 Å². The molecule has 7 heteroatoms. The van der Waals surface area contributed by atoms with Gasteiger partial charge in [-0.15, -0.1) is 0 Å². The Morgan fingerprint density at radius 1 is 1.14 bits per heavy atom. The summed E-state index contributed by atoms with van der Waals surface area (Å²) in [6.07, 6.45) is 2.57. The number of anilines is 1. The number of aryl methyl sites for hydroxylation is 1. The Balaban J connectivity index is 2.22. The molecule has 0 bridgehead atoms. The van der Waals surface area contributed by atoms with E-state index in [0.717, 1.165) is 11.1 Å². The fourth-order valence-corrected chi connectivity index (χ4v) is 3.13. The van der Waals surface area contributed by atoms with Gasteiger partial charge in [0.05, 0.1) is 12.4 Å². The predicted octanol–water partition coefficient (Wildman–Crippen LogP) is 1.87. The Morgan fingerprint density at radius 3 is 2.33 bits per heavy atom.